The van der Waals surface area contributed by atoms with Crippen molar-refractivity contribution >= 4 is 17.8 Å². The predicted octanol–water partition coefficient (Wildman–Crippen LogP) is 1.16. The second-order valence-corrected chi connectivity index (χ2v) is 6.18. The molecule has 7 nitrogen and oxygen atoms in total. The molecule has 0 aromatic carbocycles. The van der Waals surface area contributed by atoms with Gasteiger partial charge in [-0.3, -0.25) is 9.59 Å². The zero-order valence-corrected chi connectivity index (χ0v) is 14.7. The summed E-state index contributed by atoms with van der Waals surface area (Å²) < 4.78 is 6.79. The van der Waals surface area contributed by atoms with Crippen LogP contribution in [0.5, 0.6) is 0 Å². The number of nitrogens with zero attached hydrogens (tertiary/aromatic N) is 2. The van der Waals surface area contributed by atoms with Gasteiger partial charge >= 0.3 is 5.97 Å². The molecule has 0 unspecified atom stereocenters. The number of primary amides is 1. The first-order valence-electron chi connectivity index (χ1n) is 8.21. The second kappa shape index (κ2) is 7.07. The van der Waals surface area contributed by atoms with E-state index in [0.29, 0.717) is 42.8 Å². The number of hydrogen-bond acceptors (Lipinski definition) is 4. The number of carbonyl (C=O) groups is 3. The Morgan fingerprint density at radius 2 is 1.79 bits per heavy atom. The first-order chi connectivity index (χ1) is 11.3. The molecule has 2 amide bonds. The molecule has 2 heterocycles. The molecule has 24 heavy (non-hydrogen) atoms. The summed E-state index contributed by atoms with van der Waals surface area (Å²) in [4.78, 5) is 38.0. The molecule has 7 heteroatoms. The zero-order chi connectivity index (χ0) is 18.0. The van der Waals surface area contributed by atoms with Crippen LogP contribution in [-0.4, -0.2) is 46.9 Å². The summed E-state index contributed by atoms with van der Waals surface area (Å²) in [6, 6.07) is 0. The van der Waals surface area contributed by atoms with Gasteiger partial charge in [0.1, 0.15) is 5.69 Å². The Labute approximate surface area is 141 Å². The molecular formula is C17H25N3O4. The number of ether oxygens (including phenoxy) is 1. The average Bonchev–Trinajstić information content (AvgIpc) is 2.76. The number of piperidine rings is 1. The summed E-state index contributed by atoms with van der Waals surface area (Å²) in [5.41, 5.74) is 7.65. The SMILES string of the molecule is CCOC(=O)c1c(C)c(C(=O)N2CCC(C(N)=O)CC2)c(C)n1C. The number of nitrogens with two attached hydrogens (primary N) is 1. The van der Waals surface area contributed by atoms with Crippen molar-refractivity contribution in [2.75, 3.05) is 19.7 Å². The number of carbonyl (C=O) groups excluding carboxylic acids is 3. The number of amides is 2. The molecule has 0 radical (unpaired) electrons. The largest absolute Gasteiger partial charge is 0.461 e. The number of rotatable bonds is 4. The van der Waals surface area contributed by atoms with E-state index in [0.717, 1.165) is 5.69 Å². The Morgan fingerprint density at radius 1 is 1.21 bits per heavy atom. The van der Waals surface area contributed by atoms with Crippen LogP contribution in [-0.2, 0) is 16.6 Å². The van der Waals surface area contributed by atoms with Gasteiger partial charge in [-0.2, -0.15) is 0 Å². The lowest BCUT2D eigenvalue weighted by atomic mass is 9.95. The van der Waals surface area contributed by atoms with Crippen LogP contribution in [0.1, 0.15) is 51.9 Å². The highest BCUT2D eigenvalue weighted by molar-refractivity contribution is 6.01. The summed E-state index contributed by atoms with van der Waals surface area (Å²) >= 11 is 0. The molecule has 1 aromatic rings. The Kier molecular flexibility index (Phi) is 5.31. The summed E-state index contributed by atoms with van der Waals surface area (Å²) in [5, 5.41) is 0. The van der Waals surface area contributed by atoms with Crippen molar-refractivity contribution in [2.45, 2.75) is 33.6 Å². The standard InChI is InChI=1S/C17H25N3O4/c1-5-24-17(23)14-10(2)13(11(3)19(14)4)16(22)20-8-6-12(7-9-20)15(18)21/h12H,5-9H2,1-4H3,(H2,18,21). The van der Waals surface area contributed by atoms with Crippen molar-refractivity contribution < 1.29 is 19.1 Å². The van der Waals surface area contributed by atoms with Gasteiger partial charge in [0.2, 0.25) is 5.91 Å². The van der Waals surface area contributed by atoms with Crippen LogP contribution in [0.3, 0.4) is 0 Å². The third kappa shape index (κ3) is 3.16. The number of hydrogen-bond donors (Lipinski definition) is 1. The highest BCUT2D eigenvalue weighted by Crippen LogP contribution is 2.26. The molecule has 1 saturated heterocycles. The second-order valence-electron chi connectivity index (χ2n) is 6.18. The van der Waals surface area contributed by atoms with Gasteiger partial charge in [0.25, 0.3) is 5.91 Å². The molecule has 0 atom stereocenters. The minimum absolute atomic E-state index is 0.112. The molecule has 0 spiro atoms. The molecule has 132 valence electrons. The van der Waals surface area contributed by atoms with Gasteiger partial charge in [0.15, 0.2) is 0 Å². The minimum Gasteiger partial charge on any atom is -0.461 e. The molecule has 1 aliphatic heterocycles. The fraction of sp³-hybridized carbons (Fsp3) is 0.588. The third-order valence-corrected chi connectivity index (χ3v) is 4.80. The van der Waals surface area contributed by atoms with Crippen LogP contribution in [0.2, 0.25) is 0 Å². The summed E-state index contributed by atoms with van der Waals surface area (Å²) in [6.07, 6.45) is 1.16. The average molecular weight is 335 g/mol. The number of likely N-dealkylation sites (tertiary alicyclic amines) is 1. The van der Waals surface area contributed by atoms with Crippen LogP contribution < -0.4 is 5.73 Å². The summed E-state index contributed by atoms with van der Waals surface area (Å²) in [7, 11) is 1.75. The number of esters is 1. The van der Waals surface area contributed by atoms with E-state index in [-0.39, 0.29) is 24.3 Å². The van der Waals surface area contributed by atoms with E-state index in [1.54, 1.807) is 30.4 Å². The van der Waals surface area contributed by atoms with Gasteiger partial charge in [-0.15, -0.1) is 0 Å². The van der Waals surface area contributed by atoms with Crippen LogP contribution in [0.25, 0.3) is 0 Å². The molecule has 1 aliphatic rings. The lowest BCUT2D eigenvalue weighted by Gasteiger charge is -2.30. The molecule has 2 rings (SSSR count). The van der Waals surface area contributed by atoms with Crippen LogP contribution in [0.4, 0.5) is 0 Å². The Hall–Kier alpha value is -2.31. The van der Waals surface area contributed by atoms with Gasteiger partial charge in [0.05, 0.1) is 12.2 Å². The van der Waals surface area contributed by atoms with Gasteiger partial charge in [-0.1, -0.05) is 0 Å². The van der Waals surface area contributed by atoms with E-state index in [1.807, 2.05) is 6.92 Å². The molecule has 0 aliphatic carbocycles. The Bertz CT molecular complexity index is 670. The molecule has 1 fully saturated rings. The predicted molar refractivity (Wildman–Crippen MR) is 88.7 cm³/mol. The van der Waals surface area contributed by atoms with Gasteiger partial charge < -0.3 is 19.9 Å². The fourth-order valence-corrected chi connectivity index (χ4v) is 3.31. The van der Waals surface area contributed by atoms with E-state index in [1.165, 1.54) is 0 Å². The molecule has 2 N–H and O–H groups in total. The highest BCUT2D eigenvalue weighted by Gasteiger charge is 2.31. The molecular weight excluding hydrogens is 310 g/mol. The van der Waals surface area contributed by atoms with Crippen molar-refractivity contribution in [1.82, 2.24) is 9.47 Å². The molecule has 0 bridgehead atoms. The maximum Gasteiger partial charge on any atom is 0.355 e. The van der Waals surface area contributed by atoms with Crippen molar-refractivity contribution in [2.24, 2.45) is 18.7 Å². The summed E-state index contributed by atoms with van der Waals surface area (Å²) in [5.74, 6) is -1.01. The maximum absolute atomic E-state index is 12.9. The van der Waals surface area contributed by atoms with Gasteiger partial charge in [-0.25, -0.2) is 4.79 Å². The van der Waals surface area contributed by atoms with Crippen molar-refractivity contribution in [3.63, 3.8) is 0 Å². The first-order valence-corrected chi connectivity index (χ1v) is 8.21. The molecule has 1 aromatic heterocycles. The maximum atomic E-state index is 12.9. The Balaban J connectivity index is 2.26. The van der Waals surface area contributed by atoms with Crippen LogP contribution >= 0.6 is 0 Å². The smallest absolute Gasteiger partial charge is 0.355 e. The molecule has 0 saturated carbocycles. The van der Waals surface area contributed by atoms with Gasteiger partial charge in [0, 0.05) is 31.7 Å². The summed E-state index contributed by atoms with van der Waals surface area (Å²) in [6.45, 7) is 6.61. The minimum atomic E-state index is -0.424. The van der Waals surface area contributed by atoms with Crippen molar-refractivity contribution in [3.8, 4) is 0 Å². The quantitative estimate of drug-likeness (QED) is 0.835. The fourth-order valence-electron chi connectivity index (χ4n) is 3.31. The van der Waals surface area contributed by atoms with Gasteiger partial charge in [-0.05, 0) is 39.2 Å². The van der Waals surface area contributed by atoms with Crippen molar-refractivity contribution in [3.05, 3.63) is 22.5 Å². The van der Waals surface area contributed by atoms with Crippen molar-refractivity contribution in [1.29, 1.82) is 0 Å². The van der Waals surface area contributed by atoms with E-state index >= 15 is 0 Å². The lowest BCUT2D eigenvalue weighted by molar-refractivity contribution is -0.123. The number of aromatic nitrogens is 1. The normalized spacial score (nSPS) is 15.4. The van der Waals surface area contributed by atoms with Crippen LogP contribution in [0.15, 0.2) is 0 Å². The highest BCUT2D eigenvalue weighted by atomic mass is 16.5. The first kappa shape index (κ1) is 18.0. The topological polar surface area (TPSA) is 94.6 Å². The van der Waals surface area contributed by atoms with E-state index in [9.17, 15) is 14.4 Å². The Morgan fingerprint density at radius 3 is 2.29 bits per heavy atom. The van der Waals surface area contributed by atoms with E-state index in [4.69, 9.17) is 10.5 Å². The third-order valence-electron chi connectivity index (χ3n) is 4.80. The lowest BCUT2D eigenvalue weighted by Crippen LogP contribution is -2.42. The van der Waals surface area contributed by atoms with Crippen LogP contribution in [0, 0.1) is 19.8 Å². The van der Waals surface area contributed by atoms with E-state index in [2.05, 4.69) is 0 Å². The zero-order valence-electron chi connectivity index (χ0n) is 14.7. The monoisotopic (exact) mass is 335 g/mol. The van der Waals surface area contributed by atoms with E-state index < -0.39 is 5.97 Å².